The van der Waals surface area contributed by atoms with E-state index in [-0.39, 0.29) is 12.3 Å². The lowest BCUT2D eigenvalue weighted by atomic mass is 10.1. The molecule has 1 aromatic carbocycles. The standard InChI is InChI=1S/C9H10FN5O/c1-16-8-3-2-7(6(4-11)9(8)10)15-5-12-13-14-15/h2-3,5H,4,11H2,1H3. The Morgan fingerprint density at radius 2 is 2.31 bits per heavy atom. The van der Waals surface area contributed by atoms with Crippen LogP contribution in [0.3, 0.4) is 0 Å². The molecule has 1 aromatic heterocycles. The Kier molecular flexibility index (Phi) is 2.78. The summed E-state index contributed by atoms with van der Waals surface area (Å²) in [6.45, 7) is 0.0399. The molecule has 2 aromatic rings. The van der Waals surface area contributed by atoms with E-state index in [1.807, 2.05) is 0 Å². The highest BCUT2D eigenvalue weighted by Gasteiger charge is 2.14. The van der Waals surface area contributed by atoms with Gasteiger partial charge in [-0.15, -0.1) is 5.10 Å². The summed E-state index contributed by atoms with van der Waals surface area (Å²) >= 11 is 0. The molecule has 0 atom stereocenters. The largest absolute Gasteiger partial charge is 0.494 e. The fraction of sp³-hybridized carbons (Fsp3) is 0.222. The summed E-state index contributed by atoms with van der Waals surface area (Å²) in [5.74, 6) is -0.338. The van der Waals surface area contributed by atoms with Gasteiger partial charge in [-0.05, 0) is 22.6 Å². The molecule has 0 spiro atoms. The van der Waals surface area contributed by atoms with Crippen molar-refractivity contribution in [3.05, 3.63) is 29.8 Å². The monoisotopic (exact) mass is 223 g/mol. The molecular formula is C9H10FN5O. The lowest BCUT2D eigenvalue weighted by Gasteiger charge is -2.10. The summed E-state index contributed by atoms with van der Waals surface area (Å²) in [4.78, 5) is 0. The quantitative estimate of drug-likeness (QED) is 0.807. The summed E-state index contributed by atoms with van der Waals surface area (Å²) in [6, 6.07) is 3.16. The number of aromatic nitrogens is 4. The van der Waals surface area contributed by atoms with E-state index >= 15 is 0 Å². The lowest BCUT2D eigenvalue weighted by Crippen LogP contribution is -2.09. The second-order valence-electron chi connectivity index (χ2n) is 3.04. The first-order valence-electron chi connectivity index (χ1n) is 4.56. The van der Waals surface area contributed by atoms with Gasteiger partial charge in [0.25, 0.3) is 0 Å². The van der Waals surface area contributed by atoms with Crippen LogP contribution in [-0.4, -0.2) is 27.3 Å². The second kappa shape index (κ2) is 4.23. The van der Waals surface area contributed by atoms with Crippen LogP contribution in [-0.2, 0) is 6.54 Å². The van der Waals surface area contributed by atoms with Crippen molar-refractivity contribution in [3.63, 3.8) is 0 Å². The smallest absolute Gasteiger partial charge is 0.171 e. The SMILES string of the molecule is COc1ccc(-n2cnnn2)c(CN)c1F. The maximum atomic E-state index is 13.8. The summed E-state index contributed by atoms with van der Waals surface area (Å²) in [5.41, 5.74) is 6.32. The molecule has 1 heterocycles. The van der Waals surface area contributed by atoms with Crippen molar-refractivity contribution < 1.29 is 9.13 Å². The molecule has 0 aliphatic carbocycles. The van der Waals surface area contributed by atoms with Crippen molar-refractivity contribution in [1.29, 1.82) is 0 Å². The van der Waals surface area contributed by atoms with E-state index in [1.54, 1.807) is 6.07 Å². The first-order valence-corrected chi connectivity index (χ1v) is 4.56. The number of nitrogens with two attached hydrogens (primary N) is 1. The number of nitrogens with zero attached hydrogens (tertiary/aromatic N) is 4. The molecule has 2 N–H and O–H groups in total. The Labute approximate surface area is 90.8 Å². The fourth-order valence-corrected chi connectivity index (χ4v) is 1.43. The van der Waals surface area contributed by atoms with E-state index in [4.69, 9.17) is 10.5 Å². The van der Waals surface area contributed by atoms with Gasteiger partial charge in [0.15, 0.2) is 11.6 Å². The zero-order valence-corrected chi connectivity index (χ0v) is 8.59. The van der Waals surface area contributed by atoms with Gasteiger partial charge in [-0.3, -0.25) is 0 Å². The Morgan fingerprint density at radius 3 is 2.88 bits per heavy atom. The number of halogens is 1. The van der Waals surface area contributed by atoms with E-state index in [0.717, 1.165) is 0 Å². The molecule has 0 aliphatic heterocycles. The predicted molar refractivity (Wildman–Crippen MR) is 53.6 cm³/mol. The van der Waals surface area contributed by atoms with Crippen molar-refractivity contribution in [2.45, 2.75) is 6.54 Å². The van der Waals surface area contributed by atoms with Crippen LogP contribution in [0.1, 0.15) is 5.56 Å². The van der Waals surface area contributed by atoms with Crippen LogP contribution in [0.25, 0.3) is 5.69 Å². The predicted octanol–water partition coefficient (Wildman–Crippen LogP) is 0.269. The molecule has 0 saturated carbocycles. The highest BCUT2D eigenvalue weighted by atomic mass is 19.1. The van der Waals surface area contributed by atoms with Gasteiger partial charge in [0.1, 0.15) is 6.33 Å². The molecule has 6 nitrogen and oxygen atoms in total. The van der Waals surface area contributed by atoms with E-state index < -0.39 is 5.82 Å². The minimum absolute atomic E-state index is 0.0399. The summed E-state index contributed by atoms with van der Waals surface area (Å²) in [6.07, 6.45) is 1.38. The minimum Gasteiger partial charge on any atom is -0.494 e. The van der Waals surface area contributed by atoms with Crippen molar-refractivity contribution in [1.82, 2.24) is 20.2 Å². The van der Waals surface area contributed by atoms with Crippen LogP contribution < -0.4 is 10.5 Å². The van der Waals surface area contributed by atoms with E-state index in [9.17, 15) is 4.39 Å². The van der Waals surface area contributed by atoms with Crippen LogP contribution in [0.15, 0.2) is 18.5 Å². The molecule has 0 radical (unpaired) electrons. The Morgan fingerprint density at radius 1 is 1.50 bits per heavy atom. The minimum atomic E-state index is -0.488. The second-order valence-corrected chi connectivity index (χ2v) is 3.04. The average molecular weight is 223 g/mol. The van der Waals surface area contributed by atoms with Crippen molar-refractivity contribution >= 4 is 0 Å². The summed E-state index contributed by atoms with van der Waals surface area (Å²) < 4.78 is 20.1. The normalized spacial score (nSPS) is 10.4. The van der Waals surface area contributed by atoms with Gasteiger partial charge in [-0.2, -0.15) is 0 Å². The molecule has 0 unspecified atom stereocenters. The Bertz CT molecular complexity index is 485. The molecule has 0 amide bonds. The van der Waals surface area contributed by atoms with E-state index in [2.05, 4.69) is 15.5 Å². The zero-order chi connectivity index (χ0) is 11.5. The number of tetrazole rings is 1. The molecular weight excluding hydrogens is 213 g/mol. The van der Waals surface area contributed by atoms with Crippen LogP contribution in [0.5, 0.6) is 5.75 Å². The highest BCUT2D eigenvalue weighted by Crippen LogP contribution is 2.25. The highest BCUT2D eigenvalue weighted by molar-refractivity contribution is 5.46. The molecule has 84 valence electrons. The third-order valence-corrected chi connectivity index (χ3v) is 2.20. The maximum absolute atomic E-state index is 13.8. The van der Waals surface area contributed by atoms with Crippen molar-refractivity contribution in [3.8, 4) is 11.4 Å². The summed E-state index contributed by atoms with van der Waals surface area (Å²) in [5, 5.41) is 10.7. The zero-order valence-electron chi connectivity index (χ0n) is 8.59. The molecule has 0 aliphatic rings. The van der Waals surface area contributed by atoms with E-state index in [1.165, 1.54) is 24.2 Å². The number of rotatable bonds is 3. The van der Waals surface area contributed by atoms with Gasteiger partial charge in [-0.1, -0.05) is 0 Å². The first-order chi connectivity index (χ1) is 7.77. The number of benzene rings is 1. The number of methoxy groups -OCH3 is 1. The van der Waals surface area contributed by atoms with Gasteiger partial charge in [0.2, 0.25) is 0 Å². The van der Waals surface area contributed by atoms with Crippen LogP contribution in [0.2, 0.25) is 0 Å². The molecule has 0 bridgehead atoms. The molecule has 7 heteroatoms. The summed E-state index contributed by atoms with van der Waals surface area (Å²) in [7, 11) is 1.40. The van der Waals surface area contributed by atoms with E-state index in [0.29, 0.717) is 11.3 Å². The van der Waals surface area contributed by atoms with Crippen LogP contribution in [0, 0.1) is 5.82 Å². The van der Waals surface area contributed by atoms with Gasteiger partial charge >= 0.3 is 0 Å². The molecule has 0 fully saturated rings. The first kappa shape index (κ1) is 10.5. The van der Waals surface area contributed by atoms with Crippen molar-refractivity contribution in [2.75, 3.05) is 7.11 Å². The van der Waals surface area contributed by atoms with Gasteiger partial charge in [-0.25, -0.2) is 9.07 Å². The van der Waals surface area contributed by atoms with Gasteiger partial charge < -0.3 is 10.5 Å². The maximum Gasteiger partial charge on any atom is 0.171 e. The third kappa shape index (κ3) is 1.61. The molecule has 2 rings (SSSR count). The number of hydrogen-bond donors (Lipinski definition) is 1. The van der Waals surface area contributed by atoms with Crippen molar-refractivity contribution in [2.24, 2.45) is 5.73 Å². The Hall–Kier alpha value is -2.02. The van der Waals surface area contributed by atoms with Gasteiger partial charge in [0, 0.05) is 12.1 Å². The topological polar surface area (TPSA) is 78.8 Å². The van der Waals surface area contributed by atoms with Crippen LogP contribution >= 0.6 is 0 Å². The third-order valence-electron chi connectivity index (χ3n) is 2.20. The Balaban J connectivity index is 2.59. The molecule has 0 saturated heterocycles. The fourth-order valence-electron chi connectivity index (χ4n) is 1.43. The van der Waals surface area contributed by atoms with Crippen LogP contribution in [0.4, 0.5) is 4.39 Å². The van der Waals surface area contributed by atoms with Gasteiger partial charge in [0.05, 0.1) is 12.8 Å². The number of ether oxygens (including phenoxy) is 1. The average Bonchev–Trinajstić information content (AvgIpc) is 2.82. The molecule has 16 heavy (non-hydrogen) atoms. The lowest BCUT2D eigenvalue weighted by molar-refractivity contribution is 0.384. The number of hydrogen-bond acceptors (Lipinski definition) is 5.